The molecule has 0 aliphatic carbocycles. The van der Waals surface area contributed by atoms with E-state index in [0.717, 1.165) is 36.7 Å². The molecule has 0 unspecified atom stereocenters. The molecule has 0 radical (unpaired) electrons. The number of hydrogen-bond acceptors (Lipinski definition) is 6. The van der Waals surface area contributed by atoms with Gasteiger partial charge < -0.3 is 14.2 Å². The molecule has 0 fully saturated rings. The lowest BCUT2D eigenvalue weighted by atomic mass is 10.1. The Balaban J connectivity index is 1.50. The molecule has 0 aliphatic heterocycles. The third-order valence-corrected chi connectivity index (χ3v) is 6.59. The zero-order valence-electron chi connectivity index (χ0n) is 18.9. The molecule has 0 bridgehead atoms. The molecule has 0 saturated carbocycles. The van der Waals surface area contributed by atoms with E-state index in [0.29, 0.717) is 24.7 Å². The van der Waals surface area contributed by atoms with Crippen molar-refractivity contribution in [3.63, 3.8) is 0 Å². The van der Waals surface area contributed by atoms with Crippen LogP contribution in [0.1, 0.15) is 17.5 Å². The van der Waals surface area contributed by atoms with Crippen LogP contribution in [0.4, 0.5) is 0 Å². The minimum atomic E-state index is -0.387. The van der Waals surface area contributed by atoms with Crippen molar-refractivity contribution in [1.29, 1.82) is 0 Å². The third-order valence-electron chi connectivity index (χ3n) is 4.98. The number of carbonyl (C=O) groups is 1. The highest BCUT2D eigenvalue weighted by atomic mass is 79.9. The van der Waals surface area contributed by atoms with Crippen molar-refractivity contribution in [2.45, 2.75) is 20.5 Å². The van der Waals surface area contributed by atoms with E-state index >= 15 is 0 Å². The number of carbonyl (C=O) groups excluding carboxylic acids is 1. The maximum Gasteiger partial charge on any atom is 0.344 e. The molecule has 4 aromatic rings. The van der Waals surface area contributed by atoms with E-state index in [1.54, 1.807) is 24.3 Å². The number of ether oxygens (including phenoxy) is 3. The van der Waals surface area contributed by atoms with E-state index in [1.165, 1.54) is 0 Å². The van der Waals surface area contributed by atoms with Gasteiger partial charge in [0.05, 0.1) is 17.2 Å². The summed E-state index contributed by atoms with van der Waals surface area (Å²) in [7, 11) is 0. The summed E-state index contributed by atoms with van der Waals surface area (Å²) in [5.41, 5.74) is 4.01. The molecular weight excluding hydrogens is 514 g/mol. The first-order chi connectivity index (χ1) is 16.5. The van der Waals surface area contributed by atoms with Crippen molar-refractivity contribution in [2.24, 2.45) is 0 Å². The number of aryl methyl sites for hydroxylation is 1. The summed E-state index contributed by atoms with van der Waals surface area (Å²) >= 11 is 5.13. The fourth-order valence-electron chi connectivity index (χ4n) is 3.37. The first-order valence-corrected chi connectivity index (χ1v) is 12.5. The Kier molecular flexibility index (Phi) is 7.98. The molecule has 5 nitrogen and oxygen atoms in total. The molecule has 0 aliphatic rings. The molecule has 3 aromatic carbocycles. The van der Waals surface area contributed by atoms with Gasteiger partial charge in [-0.05, 0) is 55.3 Å². The van der Waals surface area contributed by atoms with E-state index in [9.17, 15) is 4.79 Å². The van der Waals surface area contributed by atoms with Crippen molar-refractivity contribution in [3.05, 3.63) is 87.8 Å². The van der Waals surface area contributed by atoms with Gasteiger partial charge in [-0.1, -0.05) is 58.4 Å². The Hall–Kier alpha value is -3.16. The maximum absolute atomic E-state index is 11.5. The van der Waals surface area contributed by atoms with Crippen LogP contribution >= 0.6 is 27.3 Å². The summed E-state index contributed by atoms with van der Waals surface area (Å²) in [5.74, 6) is 0.947. The summed E-state index contributed by atoms with van der Waals surface area (Å²) in [5, 5.41) is 0.886. The first-order valence-electron chi connectivity index (χ1n) is 10.9. The lowest BCUT2D eigenvalue weighted by molar-refractivity contribution is -0.145. The smallest absolute Gasteiger partial charge is 0.344 e. The summed E-state index contributed by atoms with van der Waals surface area (Å²) in [6.07, 6.45) is 0. The Labute approximate surface area is 211 Å². The maximum atomic E-state index is 11.5. The van der Waals surface area contributed by atoms with Crippen LogP contribution in [0.2, 0.25) is 0 Å². The van der Waals surface area contributed by atoms with Crippen LogP contribution in [0.15, 0.2) is 77.3 Å². The Morgan fingerprint density at radius 2 is 1.74 bits per heavy atom. The molecule has 1 aromatic heterocycles. The molecule has 4 rings (SSSR count). The van der Waals surface area contributed by atoms with Gasteiger partial charge in [-0.25, -0.2) is 9.78 Å². The second-order valence-electron chi connectivity index (χ2n) is 7.47. The first kappa shape index (κ1) is 24.0. The van der Waals surface area contributed by atoms with Crippen LogP contribution in [0.3, 0.4) is 0 Å². The highest BCUT2D eigenvalue weighted by molar-refractivity contribution is 9.10. The fourth-order valence-corrected chi connectivity index (χ4v) is 4.64. The van der Waals surface area contributed by atoms with Gasteiger partial charge in [-0.2, -0.15) is 0 Å². The molecule has 0 amide bonds. The Morgan fingerprint density at radius 1 is 0.971 bits per heavy atom. The molecular formula is C27H24BrNO4S. The predicted octanol–water partition coefficient (Wildman–Crippen LogP) is 7.07. The number of halogens is 1. The normalized spacial score (nSPS) is 10.7. The number of thiazole rings is 1. The van der Waals surface area contributed by atoms with Crippen LogP contribution in [-0.2, 0) is 16.1 Å². The molecule has 0 N–H and O–H groups in total. The molecule has 0 saturated heterocycles. The van der Waals surface area contributed by atoms with E-state index < -0.39 is 0 Å². The van der Waals surface area contributed by atoms with Gasteiger partial charge >= 0.3 is 5.97 Å². The van der Waals surface area contributed by atoms with Crippen LogP contribution in [0.5, 0.6) is 11.5 Å². The van der Waals surface area contributed by atoms with E-state index in [4.69, 9.17) is 19.2 Å². The second kappa shape index (κ2) is 11.3. The van der Waals surface area contributed by atoms with Crippen LogP contribution in [0.25, 0.3) is 21.7 Å². The van der Waals surface area contributed by atoms with E-state index in [-0.39, 0.29) is 12.6 Å². The molecule has 7 heteroatoms. The molecule has 34 heavy (non-hydrogen) atoms. The predicted molar refractivity (Wildman–Crippen MR) is 138 cm³/mol. The minimum absolute atomic E-state index is 0.116. The Morgan fingerprint density at radius 3 is 2.44 bits per heavy atom. The van der Waals surface area contributed by atoms with Gasteiger partial charge in [0, 0.05) is 10.0 Å². The fraction of sp³-hybridized carbons (Fsp3) is 0.185. The van der Waals surface area contributed by atoms with E-state index in [2.05, 4.69) is 40.2 Å². The monoisotopic (exact) mass is 537 g/mol. The third kappa shape index (κ3) is 6.04. The van der Waals surface area contributed by atoms with Crippen molar-refractivity contribution in [2.75, 3.05) is 13.2 Å². The van der Waals surface area contributed by atoms with Crippen molar-refractivity contribution >= 4 is 33.2 Å². The zero-order valence-corrected chi connectivity index (χ0v) is 21.3. The lowest BCUT2D eigenvalue weighted by Crippen LogP contribution is -2.14. The van der Waals surface area contributed by atoms with Gasteiger partial charge in [0.1, 0.15) is 23.1 Å². The zero-order chi connectivity index (χ0) is 23.9. The minimum Gasteiger partial charge on any atom is -0.486 e. The molecule has 0 atom stereocenters. The second-order valence-corrected chi connectivity index (χ2v) is 9.47. The van der Waals surface area contributed by atoms with Gasteiger partial charge in [0.25, 0.3) is 0 Å². The summed E-state index contributed by atoms with van der Waals surface area (Å²) in [4.78, 5) is 17.5. The largest absolute Gasteiger partial charge is 0.486 e. The standard InChI is InChI=1S/C27H24BrNO4S/c1-3-31-25(30)17-33-23-14-13-22(15-18(23)2)32-16-24-29-26(19-9-11-21(28)12-10-19)27(34-24)20-7-5-4-6-8-20/h4-15H,3,16-17H2,1-2H3. The number of rotatable bonds is 9. The number of nitrogens with zero attached hydrogens (tertiary/aromatic N) is 1. The SMILES string of the molecule is CCOC(=O)COc1ccc(OCc2nc(-c3ccc(Br)cc3)c(-c3ccccc3)s2)cc1C. The molecule has 174 valence electrons. The van der Waals surface area contributed by atoms with Crippen molar-refractivity contribution < 1.29 is 19.0 Å². The number of hydrogen-bond donors (Lipinski definition) is 0. The molecule has 1 heterocycles. The van der Waals surface area contributed by atoms with E-state index in [1.807, 2.05) is 49.4 Å². The van der Waals surface area contributed by atoms with Gasteiger partial charge in [-0.15, -0.1) is 11.3 Å². The summed E-state index contributed by atoms with van der Waals surface area (Å²) in [6, 6.07) is 24.0. The number of benzene rings is 3. The lowest BCUT2D eigenvalue weighted by Gasteiger charge is -2.10. The summed E-state index contributed by atoms with van der Waals surface area (Å²) < 4.78 is 17.5. The van der Waals surface area contributed by atoms with Gasteiger partial charge in [-0.3, -0.25) is 0 Å². The van der Waals surface area contributed by atoms with Crippen LogP contribution in [-0.4, -0.2) is 24.2 Å². The van der Waals surface area contributed by atoms with Crippen molar-refractivity contribution in [3.8, 4) is 33.2 Å². The highest BCUT2D eigenvalue weighted by Crippen LogP contribution is 2.37. The molecule has 0 spiro atoms. The van der Waals surface area contributed by atoms with Gasteiger partial charge in [0.15, 0.2) is 6.61 Å². The van der Waals surface area contributed by atoms with Crippen LogP contribution < -0.4 is 9.47 Å². The average Bonchev–Trinajstić information content (AvgIpc) is 3.28. The summed E-state index contributed by atoms with van der Waals surface area (Å²) in [6.45, 7) is 4.25. The van der Waals surface area contributed by atoms with Crippen LogP contribution in [0, 0.1) is 6.92 Å². The highest BCUT2D eigenvalue weighted by Gasteiger charge is 2.16. The van der Waals surface area contributed by atoms with Crippen molar-refractivity contribution in [1.82, 2.24) is 4.98 Å². The average molecular weight is 538 g/mol. The number of esters is 1. The topological polar surface area (TPSA) is 57.7 Å². The quantitative estimate of drug-likeness (QED) is 0.214. The number of aromatic nitrogens is 1. The van der Waals surface area contributed by atoms with Gasteiger partial charge in [0.2, 0.25) is 0 Å². The Bertz CT molecular complexity index is 1260.